The van der Waals surface area contributed by atoms with Crippen LogP contribution >= 0.6 is 0 Å². The first-order valence-corrected chi connectivity index (χ1v) is 27.7. The van der Waals surface area contributed by atoms with Crippen LogP contribution in [0.5, 0.6) is 0 Å². The molecule has 4 N–H and O–H groups in total. The summed E-state index contributed by atoms with van der Waals surface area (Å²) in [4.78, 5) is 79.3. The Kier molecular flexibility index (Phi) is 18.3. The molecule has 0 saturated heterocycles. The third-order valence-electron chi connectivity index (χ3n) is 16.4. The average Bonchev–Trinajstić information content (AvgIpc) is 1.94. The molecule has 0 radical (unpaired) electrons. The van der Waals surface area contributed by atoms with E-state index in [0.29, 0.717) is 33.8 Å². The van der Waals surface area contributed by atoms with Gasteiger partial charge in [0.25, 0.3) is 0 Å². The van der Waals surface area contributed by atoms with Crippen LogP contribution in [0.25, 0.3) is 101 Å². The molecule has 10 heterocycles. The van der Waals surface area contributed by atoms with Crippen LogP contribution in [-0.2, 0) is 51.5 Å². The smallest absolute Gasteiger partial charge is 0.550 e. The number of carboxylic acid groups (broad SMARTS) is 4. The van der Waals surface area contributed by atoms with Gasteiger partial charge in [0.15, 0.2) is 0 Å². The summed E-state index contributed by atoms with van der Waals surface area (Å²) in [6, 6.07) is 15.6. The number of allylic oxidation sites excluding steroid dienone is 10. The van der Waals surface area contributed by atoms with Gasteiger partial charge in [-0.15, -0.1) is 0 Å². The van der Waals surface area contributed by atoms with E-state index in [1.807, 2.05) is 116 Å². The molecule has 0 aliphatic carbocycles. The Morgan fingerprint density at radius 1 is 0.365 bits per heavy atom. The van der Waals surface area contributed by atoms with E-state index < -0.39 is 23.9 Å². The second kappa shape index (κ2) is 25.3. The fourth-order valence-electron chi connectivity index (χ4n) is 11.5. The summed E-state index contributed by atoms with van der Waals surface area (Å²) < 4.78 is 0. The van der Waals surface area contributed by atoms with Crippen LogP contribution in [0.1, 0.15) is 156 Å². The Morgan fingerprint density at radius 3 is 0.965 bits per heavy atom. The van der Waals surface area contributed by atoms with Crippen LogP contribution in [0.15, 0.2) is 87.0 Å². The summed E-state index contributed by atoms with van der Waals surface area (Å²) in [6.07, 6.45) is 7.62. The predicted octanol–water partition coefficient (Wildman–Crippen LogP) is 9.67. The van der Waals surface area contributed by atoms with Crippen molar-refractivity contribution >= 4 is 125 Å². The Bertz CT molecular complexity index is 4120. The molecule has 16 bridgehead atoms. The van der Waals surface area contributed by atoms with Gasteiger partial charge in [-0.3, -0.25) is 0 Å². The third kappa shape index (κ3) is 12.4. The number of carbonyl (C=O) groups is 4. The number of carboxylic acids is 4. The monoisotopic (exact) mass is 1220 g/mol. The van der Waals surface area contributed by atoms with E-state index in [4.69, 9.17) is 19.9 Å². The van der Waals surface area contributed by atoms with Gasteiger partial charge in [0.2, 0.25) is 0 Å². The fraction of sp³-hybridized carbons (Fsp3) is 0.235. The van der Waals surface area contributed by atoms with Crippen LogP contribution in [0.4, 0.5) is 0 Å². The van der Waals surface area contributed by atoms with Crippen LogP contribution < -0.4 is 20.4 Å². The maximum absolute atomic E-state index is 11.4. The summed E-state index contributed by atoms with van der Waals surface area (Å²) in [5.74, 6) is -4.56. The fourth-order valence-corrected chi connectivity index (χ4v) is 11.5. The molecular formula is C68H64N8O8Ru. The van der Waals surface area contributed by atoms with Crippen molar-refractivity contribution in [3.8, 4) is 0 Å². The van der Waals surface area contributed by atoms with Crippen LogP contribution in [0, 0.1) is 27.7 Å². The second-order valence-electron chi connectivity index (χ2n) is 21.4. The van der Waals surface area contributed by atoms with Crippen LogP contribution in [0.3, 0.4) is 0 Å². The summed E-state index contributed by atoms with van der Waals surface area (Å²) in [7, 11) is 0. The van der Waals surface area contributed by atoms with Crippen molar-refractivity contribution < 1.29 is 59.1 Å². The van der Waals surface area contributed by atoms with Gasteiger partial charge >= 0.3 is 19.5 Å². The van der Waals surface area contributed by atoms with Crippen LogP contribution in [-0.4, -0.2) is 63.7 Å². The van der Waals surface area contributed by atoms with Crippen molar-refractivity contribution in [1.82, 2.24) is 39.9 Å². The molecule has 4 aliphatic rings. The number of aromatic nitrogens is 8. The summed E-state index contributed by atoms with van der Waals surface area (Å²) in [5, 5.41) is 45.6. The van der Waals surface area contributed by atoms with Gasteiger partial charge in [-0.05, 0) is 222 Å². The number of H-pyrrole nitrogens is 4. The van der Waals surface area contributed by atoms with Gasteiger partial charge in [0, 0.05) is 90.3 Å². The van der Waals surface area contributed by atoms with E-state index in [0.717, 1.165) is 145 Å². The first-order chi connectivity index (χ1) is 40.0. The molecule has 10 rings (SSSR count). The normalized spacial score (nSPS) is 12.9. The van der Waals surface area contributed by atoms with Crippen molar-refractivity contribution in [2.75, 3.05) is 0 Å². The summed E-state index contributed by atoms with van der Waals surface area (Å²) >= 11 is 0. The zero-order valence-electron chi connectivity index (χ0n) is 48.8. The molecule has 0 unspecified atom stereocenters. The Labute approximate surface area is 504 Å². The second-order valence-corrected chi connectivity index (χ2v) is 21.4. The van der Waals surface area contributed by atoms with Gasteiger partial charge in [0.05, 0.1) is 45.6 Å². The zero-order chi connectivity index (χ0) is 60.6. The maximum atomic E-state index is 11.4. The molecular weight excluding hydrogens is 1160 g/mol. The largest absolute Gasteiger partial charge is 4.00 e. The predicted molar refractivity (Wildman–Crippen MR) is 327 cm³/mol. The molecule has 6 aromatic heterocycles. The maximum Gasteiger partial charge on any atom is 4.00 e. The molecule has 17 heteroatoms. The van der Waals surface area contributed by atoms with Gasteiger partial charge in [0.1, 0.15) is 0 Å². The van der Waals surface area contributed by atoms with Crippen molar-refractivity contribution in [3.63, 3.8) is 0 Å². The summed E-state index contributed by atoms with van der Waals surface area (Å²) in [5.41, 5.74) is 26.5. The van der Waals surface area contributed by atoms with Crippen molar-refractivity contribution in [2.24, 2.45) is 0 Å². The number of carbonyl (C=O) groups excluding carboxylic acids is 4. The van der Waals surface area contributed by atoms with Gasteiger partial charge in [-0.2, -0.15) is 0 Å². The van der Waals surface area contributed by atoms with Gasteiger partial charge < -0.3 is 59.5 Å². The Balaban J connectivity index is 0.000000219. The van der Waals surface area contributed by atoms with E-state index in [1.165, 1.54) is 0 Å². The minimum absolute atomic E-state index is 0. The molecule has 0 amide bonds. The molecule has 16 nitrogen and oxygen atoms in total. The first-order valence-electron chi connectivity index (χ1n) is 27.7. The first kappa shape index (κ1) is 61.7. The number of fused-ring (bicyclic) bond motifs is 16. The van der Waals surface area contributed by atoms with E-state index >= 15 is 0 Å². The SMILES string of the molecule is C=CC1=C(C)c2cc3[nH]c(cc4nc(cc5[nH]c(cc1n2)c(C)c5CCC(=O)[O-])C(CCC(=O)[O-])=C4C)c(C)c3C=C.C=CC1=C(C)c2cc3[nH]c(cc4nc(cc5[nH]c(cc1n2)c(C)c5CCC(=O)[O-])C(CCC(=O)[O-])=C4C)c(C)c3C=C.[Ru+4]. The summed E-state index contributed by atoms with van der Waals surface area (Å²) in [6.45, 7) is 31.9. The van der Waals surface area contributed by atoms with E-state index in [1.54, 1.807) is 12.2 Å². The molecule has 6 aromatic rings. The number of aliphatic carboxylic acids is 4. The number of hydrogen-bond acceptors (Lipinski definition) is 12. The molecule has 0 fully saturated rings. The number of hydrogen-bond donors (Lipinski definition) is 4. The topological polar surface area (TPSA) is 275 Å². The minimum Gasteiger partial charge on any atom is -0.550 e. The number of nitrogens with one attached hydrogen (secondary N) is 4. The van der Waals surface area contributed by atoms with E-state index in [2.05, 4.69) is 46.3 Å². The molecule has 0 saturated carbocycles. The van der Waals surface area contributed by atoms with Gasteiger partial charge in [-0.25, -0.2) is 19.9 Å². The minimum atomic E-state index is -1.14. The van der Waals surface area contributed by atoms with Crippen LogP contribution in [0.2, 0.25) is 0 Å². The molecule has 0 atom stereocenters. The quantitative estimate of drug-likeness (QED) is 0.0659. The molecule has 0 spiro atoms. The van der Waals surface area contributed by atoms with Gasteiger partial charge in [-0.1, -0.05) is 50.6 Å². The Morgan fingerprint density at radius 2 is 0.635 bits per heavy atom. The van der Waals surface area contributed by atoms with E-state index in [-0.39, 0.29) is 70.8 Å². The van der Waals surface area contributed by atoms with E-state index in [9.17, 15) is 39.6 Å². The zero-order valence-corrected chi connectivity index (χ0v) is 50.6. The number of aromatic amines is 4. The van der Waals surface area contributed by atoms with Crippen molar-refractivity contribution in [1.29, 1.82) is 0 Å². The number of rotatable bonds is 16. The Hall–Kier alpha value is -9.34. The molecule has 4 aliphatic heterocycles. The van der Waals surface area contributed by atoms with Crippen molar-refractivity contribution in [2.45, 2.75) is 107 Å². The molecule has 0 aromatic carbocycles. The molecule has 85 heavy (non-hydrogen) atoms. The van der Waals surface area contributed by atoms with Crippen molar-refractivity contribution in [3.05, 3.63) is 177 Å². The third-order valence-corrected chi connectivity index (χ3v) is 16.4. The number of aryl methyl sites for hydroxylation is 6. The number of nitrogens with zero attached hydrogens (tertiary/aromatic N) is 4. The standard InChI is InChI=1S/2C34H34N4O4.Ru/c2*1-7-21-17(3)25-13-26-19(5)23(9-11-33(39)40)31(37-26)16-32-24(10-12-34(41)42)20(6)28(38-32)15-30-22(8-2)18(4)27(36-30)14-29(21)35-25;/h2*7-8,13-16,35,38H,1-2,9-12H2,3-6H3,(H,39,40)(H,41,42);/q;;+4/p-4. The molecule has 432 valence electrons. The average molecular weight is 1220 g/mol.